The van der Waals surface area contributed by atoms with Gasteiger partial charge < -0.3 is 9.15 Å². The summed E-state index contributed by atoms with van der Waals surface area (Å²) in [6, 6.07) is 8.33. The fourth-order valence-corrected chi connectivity index (χ4v) is 5.10. The van der Waals surface area contributed by atoms with Gasteiger partial charge in [-0.15, -0.1) is 0 Å². The smallest absolute Gasteiger partial charge is 0.339 e. The Morgan fingerprint density at radius 2 is 1.84 bits per heavy atom. The Labute approximate surface area is 189 Å². The molecule has 1 aromatic carbocycles. The highest BCUT2D eigenvalue weighted by molar-refractivity contribution is 6.33. The van der Waals surface area contributed by atoms with Gasteiger partial charge in [0.2, 0.25) is 0 Å². The van der Waals surface area contributed by atoms with E-state index in [0.29, 0.717) is 17.1 Å². The van der Waals surface area contributed by atoms with Crippen LogP contribution in [0, 0.1) is 23.7 Å². The number of rotatable bonds is 5. The van der Waals surface area contributed by atoms with Crippen LogP contribution >= 0.6 is 11.6 Å². The standard InChI is InChI=1S/C24H21ClN2O5/c1-2-31-24(30)17-11-15(7-9-18(17)25)19-10-8-16(32-19)12-26-27-22(28)20-13-3-4-14(6-5-13)21(20)23(27)29/h3-4,7-14,20-21H,2,5-6H2,1H3/b26-12-/t13-,14+,20-,21-/m0/s1. The van der Waals surface area contributed by atoms with Crippen molar-refractivity contribution in [1.29, 1.82) is 0 Å². The van der Waals surface area contributed by atoms with Gasteiger partial charge in [-0.3, -0.25) is 9.59 Å². The average molecular weight is 453 g/mol. The number of fused-ring (bicyclic) bond motifs is 1. The van der Waals surface area contributed by atoms with Gasteiger partial charge in [-0.2, -0.15) is 10.1 Å². The first-order chi connectivity index (χ1) is 15.5. The van der Waals surface area contributed by atoms with Crippen molar-refractivity contribution in [2.24, 2.45) is 28.8 Å². The predicted molar refractivity (Wildman–Crippen MR) is 117 cm³/mol. The molecule has 0 radical (unpaired) electrons. The van der Waals surface area contributed by atoms with Gasteiger partial charge in [-0.1, -0.05) is 23.8 Å². The largest absolute Gasteiger partial charge is 0.462 e. The van der Waals surface area contributed by atoms with Gasteiger partial charge in [0.05, 0.1) is 35.2 Å². The highest BCUT2D eigenvalue weighted by Crippen LogP contribution is 2.49. The molecule has 1 saturated carbocycles. The number of allylic oxidation sites excluding steroid dienone is 2. The Bertz CT molecular complexity index is 1130. The summed E-state index contributed by atoms with van der Waals surface area (Å²) in [5.41, 5.74) is 0.885. The summed E-state index contributed by atoms with van der Waals surface area (Å²) >= 11 is 6.12. The molecule has 1 aromatic heterocycles. The van der Waals surface area contributed by atoms with Gasteiger partial charge in [-0.25, -0.2) is 4.79 Å². The lowest BCUT2D eigenvalue weighted by molar-refractivity contribution is -0.140. The molecule has 4 aliphatic rings. The third-order valence-corrected chi connectivity index (χ3v) is 6.74. The van der Waals surface area contributed by atoms with Gasteiger partial charge in [0.1, 0.15) is 11.5 Å². The summed E-state index contributed by atoms with van der Waals surface area (Å²) in [5, 5.41) is 5.45. The molecule has 2 fully saturated rings. The molecule has 2 aromatic rings. The molecule has 32 heavy (non-hydrogen) atoms. The number of amides is 2. The van der Waals surface area contributed by atoms with E-state index in [1.165, 1.54) is 6.21 Å². The number of imide groups is 1. The molecule has 4 atom stereocenters. The summed E-state index contributed by atoms with van der Waals surface area (Å²) in [7, 11) is 0. The number of hydrazone groups is 1. The van der Waals surface area contributed by atoms with Crippen molar-refractivity contribution in [1.82, 2.24) is 5.01 Å². The van der Waals surface area contributed by atoms with Crippen LogP contribution in [0.1, 0.15) is 35.9 Å². The maximum absolute atomic E-state index is 12.8. The van der Waals surface area contributed by atoms with Crippen LogP contribution in [-0.4, -0.2) is 35.6 Å². The molecule has 2 bridgehead atoms. The summed E-state index contributed by atoms with van der Waals surface area (Å²) in [6.07, 6.45) is 7.39. The second-order valence-electron chi connectivity index (χ2n) is 8.19. The molecule has 1 saturated heterocycles. The van der Waals surface area contributed by atoms with E-state index in [9.17, 15) is 14.4 Å². The third-order valence-electron chi connectivity index (χ3n) is 6.41. The number of carbonyl (C=O) groups is 3. The first-order valence-electron chi connectivity index (χ1n) is 10.6. The fourth-order valence-electron chi connectivity index (χ4n) is 4.91. The lowest BCUT2D eigenvalue weighted by Gasteiger charge is -2.37. The van der Waals surface area contributed by atoms with Crippen molar-refractivity contribution in [2.45, 2.75) is 19.8 Å². The van der Waals surface area contributed by atoms with E-state index in [1.54, 1.807) is 37.3 Å². The summed E-state index contributed by atoms with van der Waals surface area (Å²) in [6.45, 7) is 1.97. The topological polar surface area (TPSA) is 89.2 Å². The predicted octanol–water partition coefficient (Wildman–Crippen LogP) is 4.31. The van der Waals surface area contributed by atoms with Gasteiger partial charge in [0.15, 0.2) is 0 Å². The number of benzene rings is 1. The van der Waals surface area contributed by atoms with Crippen molar-refractivity contribution < 1.29 is 23.5 Å². The van der Waals surface area contributed by atoms with Gasteiger partial charge in [0, 0.05) is 5.56 Å². The number of furan rings is 1. The van der Waals surface area contributed by atoms with Crippen LogP contribution < -0.4 is 0 Å². The molecule has 1 aliphatic heterocycles. The minimum absolute atomic E-state index is 0.121. The molecule has 0 spiro atoms. The minimum atomic E-state index is -0.510. The van der Waals surface area contributed by atoms with Crippen molar-refractivity contribution in [3.63, 3.8) is 0 Å². The van der Waals surface area contributed by atoms with E-state index < -0.39 is 5.97 Å². The van der Waals surface area contributed by atoms with Crippen molar-refractivity contribution in [3.8, 4) is 11.3 Å². The van der Waals surface area contributed by atoms with Gasteiger partial charge in [-0.05, 0) is 61.9 Å². The van der Waals surface area contributed by atoms with E-state index in [4.69, 9.17) is 20.8 Å². The molecule has 164 valence electrons. The maximum Gasteiger partial charge on any atom is 0.339 e. The first-order valence-corrected chi connectivity index (χ1v) is 11.0. The highest BCUT2D eigenvalue weighted by Gasteiger charge is 2.56. The number of hydrogen-bond acceptors (Lipinski definition) is 6. The lowest BCUT2D eigenvalue weighted by Crippen LogP contribution is -2.38. The Hall–Kier alpha value is -3.19. The van der Waals surface area contributed by atoms with Crippen LogP contribution in [0.2, 0.25) is 5.02 Å². The Morgan fingerprint density at radius 3 is 2.47 bits per heavy atom. The summed E-state index contributed by atoms with van der Waals surface area (Å²) < 4.78 is 10.8. The zero-order valence-electron chi connectivity index (χ0n) is 17.4. The molecule has 6 rings (SSSR count). The van der Waals surface area contributed by atoms with Crippen LogP contribution in [0.4, 0.5) is 0 Å². The van der Waals surface area contributed by atoms with Crippen LogP contribution in [-0.2, 0) is 14.3 Å². The van der Waals surface area contributed by atoms with E-state index in [0.717, 1.165) is 17.9 Å². The fraction of sp³-hybridized carbons (Fsp3) is 0.333. The quantitative estimate of drug-likeness (QED) is 0.292. The molecular weight excluding hydrogens is 432 g/mol. The molecule has 3 aliphatic carbocycles. The van der Waals surface area contributed by atoms with Crippen LogP contribution in [0.15, 0.2) is 52.0 Å². The maximum atomic E-state index is 12.8. The zero-order valence-corrected chi connectivity index (χ0v) is 18.1. The number of halogens is 1. The van der Waals surface area contributed by atoms with Crippen LogP contribution in [0.5, 0.6) is 0 Å². The normalized spacial score (nSPS) is 26.2. The minimum Gasteiger partial charge on any atom is -0.462 e. The van der Waals surface area contributed by atoms with E-state index in [1.807, 2.05) is 0 Å². The second-order valence-corrected chi connectivity index (χ2v) is 8.60. The number of nitrogens with zero attached hydrogens (tertiary/aromatic N) is 2. The Balaban J connectivity index is 1.35. The average Bonchev–Trinajstić information content (AvgIpc) is 3.38. The monoisotopic (exact) mass is 452 g/mol. The van der Waals surface area contributed by atoms with Crippen molar-refractivity contribution in [3.05, 3.63) is 58.8 Å². The third kappa shape index (κ3) is 3.37. The van der Waals surface area contributed by atoms with Gasteiger partial charge in [0.25, 0.3) is 11.8 Å². The van der Waals surface area contributed by atoms with Gasteiger partial charge >= 0.3 is 5.97 Å². The number of esters is 1. The van der Waals surface area contributed by atoms with Crippen LogP contribution in [0.3, 0.4) is 0 Å². The summed E-state index contributed by atoms with van der Waals surface area (Å²) in [4.78, 5) is 37.8. The van der Waals surface area contributed by atoms with Crippen molar-refractivity contribution in [2.75, 3.05) is 6.61 Å². The SMILES string of the molecule is CCOC(=O)c1cc(-c2ccc(/C=N\N3C(=O)[C@@H]4[C@@H](C3=O)[C@H]3C=C[C@@H]4CC3)o2)ccc1Cl. The number of hydrogen-bond donors (Lipinski definition) is 0. The molecule has 7 nitrogen and oxygen atoms in total. The summed E-state index contributed by atoms with van der Waals surface area (Å²) in [5.74, 6) is -0.475. The van der Waals surface area contributed by atoms with E-state index >= 15 is 0 Å². The zero-order chi connectivity index (χ0) is 22.4. The van der Waals surface area contributed by atoms with Crippen molar-refractivity contribution >= 4 is 35.6 Å². The Morgan fingerprint density at radius 1 is 1.16 bits per heavy atom. The molecule has 0 N–H and O–H groups in total. The first kappa shape index (κ1) is 20.7. The van der Waals surface area contributed by atoms with E-state index in [-0.39, 0.29) is 52.7 Å². The molecular formula is C24H21ClN2O5. The van der Waals surface area contributed by atoms with E-state index in [2.05, 4.69) is 17.3 Å². The molecule has 0 unspecified atom stereocenters. The number of carbonyl (C=O) groups excluding carboxylic acids is 3. The molecule has 2 heterocycles. The second kappa shape index (κ2) is 8.06. The highest BCUT2D eigenvalue weighted by atomic mass is 35.5. The van der Waals surface area contributed by atoms with Crippen LogP contribution in [0.25, 0.3) is 11.3 Å². The molecule has 2 amide bonds. The molecule has 8 heteroatoms. The Kier molecular flexibility index (Phi) is 5.21. The number of ether oxygens (including phenoxy) is 1. The lowest BCUT2D eigenvalue weighted by atomic mass is 9.63.